The van der Waals surface area contributed by atoms with Crippen LogP contribution in [0.5, 0.6) is 5.75 Å². The van der Waals surface area contributed by atoms with Crippen LogP contribution >= 0.6 is 0 Å². The second-order valence-electron chi connectivity index (χ2n) is 10.1. The minimum absolute atomic E-state index is 0.321. The van der Waals surface area contributed by atoms with Crippen molar-refractivity contribution in [3.8, 4) is 5.75 Å². The number of hydrogen-bond donors (Lipinski definition) is 1. The molecule has 2 aromatic rings. The van der Waals surface area contributed by atoms with Crippen LogP contribution in [-0.4, -0.2) is 40.9 Å². The number of sulfonamides is 1. The average molecular weight is 447 g/mol. The Balaban J connectivity index is 1.56. The van der Waals surface area contributed by atoms with Gasteiger partial charge in [0.25, 0.3) is 0 Å². The van der Waals surface area contributed by atoms with E-state index in [-0.39, 0.29) is 0 Å². The molecule has 1 N–H and O–H groups in total. The molecule has 31 heavy (non-hydrogen) atoms. The van der Waals surface area contributed by atoms with Gasteiger partial charge in [-0.1, -0.05) is 32.9 Å². The molecule has 1 aliphatic rings. The van der Waals surface area contributed by atoms with Crippen molar-refractivity contribution < 1.29 is 13.2 Å². The van der Waals surface area contributed by atoms with Crippen LogP contribution in [0.1, 0.15) is 52.9 Å². The van der Waals surface area contributed by atoms with E-state index in [2.05, 4.69) is 66.8 Å². The summed E-state index contributed by atoms with van der Waals surface area (Å²) in [6, 6.07) is 12.8. The maximum Gasteiger partial charge on any atom is 0.208 e. The van der Waals surface area contributed by atoms with Gasteiger partial charge < -0.3 is 9.64 Å². The maximum absolute atomic E-state index is 11.2. The fourth-order valence-electron chi connectivity index (χ4n) is 4.46. The summed E-state index contributed by atoms with van der Waals surface area (Å²) in [7, 11) is -1.09. The van der Waals surface area contributed by atoms with Crippen LogP contribution in [0.4, 0.5) is 5.69 Å². The number of anilines is 1. The molecular weight excluding hydrogens is 408 g/mol. The highest BCUT2D eigenvalue weighted by atomic mass is 32.2. The van der Waals surface area contributed by atoms with Crippen molar-refractivity contribution in [3.63, 3.8) is 0 Å². The van der Waals surface area contributed by atoms with Gasteiger partial charge >= 0.3 is 0 Å². The Morgan fingerprint density at radius 3 is 2.32 bits per heavy atom. The summed E-state index contributed by atoms with van der Waals surface area (Å²) in [5.74, 6) is 1.75. The number of nitrogens with zero attached hydrogens (tertiary/aromatic N) is 1. The molecule has 1 fully saturated rings. The van der Waals surface area contributed by atoms with Gasteiger partial charge in [0.05, 0.1) is 12.4 Å². The molecule has 1 aliphatic carbocycles. The van der Waals surface area contributed by atoms with E-state index in [4.69, 9.17) is 4.74 Å². The lowest BCUT2D eigenvalue weighted by molar-refractivity contribution is 0.0883. The van der Waals surface area contributed by atoms with E-state index in [0.717, 1.165) is 43.2 Å². The number of rotatable bonds is 8. The van der Waals surface area contributed by atoms with E-state index in [9.17, 15) is 8.42 Å². The molecular formula is C25H38N2O3S. The first-order valence-electron chi connectivity index (χ1n) is 11.4. The molecule has 3 rings (SSSR count). The van der Waals surface area contributed by atoms with Crippen molar-refractivity contribution in [1.29, 1.82) is 0 Å². The van der Waals surface area contributed by atoms with Crippen molar-refractivity contribution in [2.75, 3.05) is 31.3 Å². The third kappa shape index (κ3) is 7.11. The van der Waals surface area contributed by atoms with Crippen molar-refractivity contribution in [1.82, 2.24) is 4.72 Å². The lowest BCUT2D eigenvalue weighted by atomic mass is 9.72. The molecule has 0 unspecified atom stereocenters. The van der Waals surface area contributed by atoms with Gasteiger partial charge in [-0.05, 0) is 78.5 Å². The zero-order valence-corrected chi connectivity index (χ0v) is 20.5. The zero-order valence-electron chi connectivity index (χ0n) is 19.6. The highest BCUT2D eigenvalue weighted by molar-refractivity contribution is 7.88. The molecule has 1 saturated carbocycles. The van der Waals surface area contributed by atoms with E-state index in [1.165, 1.54) is 29.9 Å². The van der Waals surface area contributed by atoms with Crippen LogP contribution < -0.4 is 14.4 Å². The Morgan fingerprint density at radius 1 is 1.03 bits per heavy atom. The van der Waals surface area contributed by atoms with Crippen LogP contribution in [0.15, 0.2) is 36.4 Å². The summed E-state index contributed by atoms with van der Waals surface area (Å²) in [5.41, 5.74) is 1.52. The molecule has 172 valence electrons. The molecule has 0 aromatic heterocycles. The topological polar surface area (TPSA) is 58.6 Å². The minimum Gasteiger partial charge on any atom is -0.490 e. The summed E-state index contributed by atoms with van der Waals surface area (Å²) in [6.07, 6.45) is 7.03. The second-order valence-corrected chi connectivity index (χ2v) is 11.9. The van der Waals surface area contributed by atoms with E-state index in [0.29, 0.717) is 18.1 Å². The zero-order chi connectivity index (χ0) is 22.6. The standard InChI is InChI=1S/C25H38N2O3S/c1-25(2,3)21-9-13-23(14-10-21)30-24-12-8-19-17-22(11-7-20(19)18-24)27(4)16-6-15-26-31(5,28)29/h7-8,11-12,17-18,21,23,26H,6,9-10,13-16H2,1-5H3/t21-,23-. The summed E-state index contributed by atoms with van der Waals surface area (Å²) in [4.78, 5) is 2.15. The molecule has 0 bridgehead atoms. The molecule has 5 nitrogen and oxygen atoms in total. The van der Waals surface area contributed by atoms with Gasteiger partial charge in [0.15, 0.2) is 0 Å². The number of hydrogen-bond acceptors (Lipinski definition) is 4. The first-order valence-corrected chi connectivity index (χ1v) is 13.3. The molecule has 2 aromatic carbocycles. The van der Waals surface area contributed by atoms with Gasteiger partial charge in [0.1, 0.15) is 5.75 Å². The lowest BCUT2D eigenvalue weighted by Crippen LogP contribution is -2.30. The molecule has 0 saturated heterocycles. The molecule has 0 radical (unpaired) electrons. The third-order valence-corrected chi connectivity index (χ3v) is 7.20. The van der Waals surface area contributed by atoms with Crippen molar-refractivity contribution >= 4 is 26.5 Å². The SMILES string of the molecule is CN(CCCNS(C)(=O)=O)c1ccc2cc(O[C@H]3CC[C@H](C(C)(C)C)CC3)ccc2c1. The average Bonchev–Trinajstić information content (AvgIpc) is 2.69. The van der Waals surface area contributed by atoms with Crippen molar-refractivity contribution in [2.45, 2.75) is 59.0 Å². The molecule has 0 heterocycles. The maximum atomic E-state index is 11.2. The number of benzene rings is 2. The fourth-order valence-corrected chi connectivity index (χ4v) is 4.98. The van der Waals surface area contributed by atoms with Crippen LogP contribution in [0.2, 0.25) is 0 Å². The second kappa shape index (κ2) is 9.78. The smallest absolute Gasteiger partial charge is 0.208 e. The first-order chi connectivity index (χ1) is 14.5. The van der Waals surface area contributed by atoms with Crippen molar-refractivity contribution in [2.24, 2.45) is 11.3 Å². The van der Waals surface area contributed by atoms with Crippen LogP contribution in [0.25, 0.3) is 10.8 Å². The summed E-state index contributed by atoms with van der Waals surface area (Å²) in [5, 5.41) is 2.36. The largest absolute Gasteiger partial charge is 0.490 e. The lowest BCUT2D eigenvalue weighted by Gasteiger charge is -2.37. The van der Waals surface area contributed by atoms with Gasteiger partial charge in [-0.25, -0.2) is 13.1 Å². The number of nitrogens with one attached hydrogen (secondary N) is 1. The normalized spacial score (nSPS) is 20.0. The molecule has 0 spiro atoms. The Morgan fingerprint density at radius 2 is 1.68 bits per heavy atom. The van der Waals surface area contributed by atoms with E-state index in [1.807, 2.05) is 7.05 Å². The van der Waals surface area contributed by atoms with E-state index < -0.39 is 10.0 Å². The van der Waals surface area contributed by atoms with Crippen LogP contribution in [0, 0.1) is 11.3 Å². The predicted molar refractivity (Wildman–Crippen MR) is 131 cm³/mol. The van der Waals surface area contributed by atoms with Crippen LogP contribution in [0.3, 0.4) is 0 Å². The summed E-state index contributed by atoms with van der Waals surface area (Å²) in [6.45, 7) is 8.28. The Kier molecular flexibility index (Phi) is 7.53. The first kappa shape index (κ1) is 23.9. The highest BCUT2D eigenvalue weighted by Gasteiger charge is 2.30. The fraction of sp³-hybridized carbons (Fsp3) is 0.600. The Labute approximate surface area is 188 Å². The molecule has 0 aliphatic heterocycles. The van der Waals surface area contributed by atoms with Crippen molar-refractivity contribution in [3.05, 3.63) is 36.4 Å². The quantitative estimate of drug-likeness (QED) is 0.566. The monoisotopic (exact) mass is 446 g/mol. The molecule has 0 amide bonds. The van der Waals surface area contributed by atoms with E-state index >= 15 is 0 Å². The Hall–Kier alpha value is -1.79. The summed E-state index contributed by atoms with van der Waals surface area (Å²) >= 11 is 0. The summed E-state index contributed by atoms with van der Waals surface area (Å²) < 4.78 is 31.2. The van der Waals surface area contributed by atoms with Gasteiger partial charge in [0, 0.05) is 25.8 Å². The number of ether oxygens (including phenoxy) is 1. The van der Waals surface area contributed by atoms with Gasteiger partial charge in [-0.15, -0.1) is 0 Å². The van der Waals surface area contributed by atoms with Gasteiger partial charge in [-0.2, -0.15) is 0 Å². The van der Waals surface area contributed by atoms with E-state index in [1.54, 1.807) is 0 Å². The number of fused-ring (bicyclic) bond motifs is 1. The third-order valence-electron chi connectivity index (χ3n) is 6.47. The van der Waals surface area contributed by atoms with Crippen LogP contribution in [-0.2, 0) is 10.0 Å². The van der Waals surface area contributed by atoms with Gasteiger partial charge in [0.2, 0.25) is 10.0 Å². The highest BCUT2D eigenvalue weighted by Crippen LogP contribution is 2.39. The minimum atomic E-state index is -3.12. The van der Waals surface area contributed by atoms with Gasteiger partial charge in [-0.3, -0.25) is 0 Å². The predicted octanol–water partition coefficient (Wildman–Crippen LogP) is 5.20. The Bertz CT molecular complexity index is 974. The molecule has 6 heteroatoms. The molecule has 0 atom stereocenters.